The van der Waals surface area contributed by atoms with Crippen LogP contribution in [0.15, 0.2) is 36.4 Å². The second-order valence-electron chi connectivity index (χ2n) is 4.49. The second kappa shape index (κ2) is 4.43. The Kier molecular flexibility index (Phi) is 2.75. The number of benzene rings is 2. The first-order valence-corrected chi connectivity index (χ1v) is 6.12. The average molecular weight is 254 g/mol. The molecule has 0 N–H and O–H groups in total. The summed E-state index contributed by atoms with van der Waals surface area (Å²) in [6.45, 7) is 0. The fourth-order valence-electron chi connectivity index (χ4n) is 2.61. The third kappa shape index (κ3) is 1.70. The molecule has 2 aromatic rings. The van der Waals surface area contributed by atoms with Crippen molar-refractivity contribution in [3.05, 3.63) is 58.7 Å². The lowest BCUT2D eigenvalue weighted by Gasteiger charge is -2.22. The van der Waals surface area contributed by atoms with E-state index in [1.54, 1.807) is 20.3 Å². The van der Waals surface area contributed by atoms with Crippen molar-refractivity contribution >= 4 is 5.78 Å². The van der Waals surface area contributed by atoms with E-state index in [1.165, 1.54) is 0 Å². The number of hydrogen-bond acceptors (Lipinski definition) is 3. The van der Waals surface area contributed by atoms with Crippen molar-refractivity contribution in [2.45, 2.75) is 6.42 Å². The Bertz CT molecular complexity index is 659. The van der Waals surface area contributed by atoms with Crippen LogP contribution in [0.4, 0.5) is 0 Å². The van der Waals surface area contributed by atoms with Crippen molar-refractivity contribution in [2.75, 3.05) is 14.2 Å². The zero-order valence-electron chi connectivity index (χ0n) is 10.9. The Hall–Kier alpha value is -2.29. The maximum absolute atomic E-state index is 12.6. The summed E-state index contributed by atoms with van der Waals surface area (Å²) >= 11 is 0. The first-order chi connectivity index (χ1) is 9.26. The van der Waals surface area contributed by atoms with Crippen LogP contribution >= 0.6 is 0 Å². The molecular formula is C16H14O3. The number of ketones is 1. The van der Waals surface area contributed by atoms with Crippen molar-refractivity contribution in [2.24, 2.45) is 0 Å². The Morgan fingerprint density at radius 1 is 0.947 bits per heavy atom. The molecule has 0 amide bonds. The summed E-state index contributed by atoms with van der Waals surface area (Å²) in [5, 5.41) is 0. The van der Waals surface area contributed by atoms with E-state index in [1.807, 2.05) is 30.3 Å². The van der Waals surface area contributed by atoms with Crippen LogP contribution in [0.2, 0.25) is 0 Å². The van der Waals surface area contributed by atoms with Gasteiger partial charge in [0.2, 0.25) is 0 Å². The topological polar surface area (TPSA) is 35.5 Å². The third-order valence-electron chi connectivity index (χ3n) is 3.53. The predicted octanol–water partition coefficient (Wildman–Crippen LogP) is 2.84. The molecule has 0 saturated heterocycles. The average Bonchev–Trinajstić information content (AvgIpc) is 2.46. The van der Waals surface area contributed by atoms with Gasteiger partial charge in [0.25, 0.3) is 0 Å². The van der Waals surface area contributed by atoms with Crippen molar-refractivity contribution in [1.82, 2.24) is 0 Å². The fourth-order valence-corrected chi connectivity index (χ4v) is 2.61. The molecule has 3 rings (SSSR count). The molecule has 0 atom stereocenters. The quantitative estimate of drug-likeness (QED) is 0.705. The van der Waals surface area contributed by atoms with Gasteiger partial charge in [-0.3, -0.25) is 4.79 Å². The van der Waals surface area contributed by atoms with Crippen LogP contribution in [0.1, 0.15) is 27.0 Å². The van der Waals surface area contributed by atoms with Crippen LogP contribution in [0.3, 0.4) is 0 Å². The van der Waals surface area contributed by atoms with Crippen LogP contribution in [0.25, 0.3) is 0 Å². The van der Waals surface area contributed by atoms with Gasteiger partial charge in [-0.2, -0.15) is 0 Å². The van der Waals surface area contributed by atoms with E-state index in [0.717, 1.165) is 22.4 Å². The fraction of sp³-hybridized carbons (Fsp3) is 0.188. The SMILES string of the molecule is COc1ccc(OC)c2c1Cc1ccccc1C2=O. The molecule has 0 fully saturated rings. The minimum atomic E-state index is 0.00704. The Morgan fingerprint density at radius 3 is 2.37 bits per heavy atom. The zero-order valence-corrected chi connectivity index (χ0v) is 10.9. The minimum Gasteiger partial charge on any atom is -0.496 e. The van der Waals surface area contributed by atoms with E-state index >= 15 is 0 Å². The Labute approximate surface area is 111 Å². The lowest BCUT2D eigenvalue weighted by Crippen LogP contribution is -2.17. The van der Waals surface area contributed by atoms with Crippen molar-refractivity contribution in [3.8, 4) is 11.5 Å². The molecule has 0 radical (unpaired) electrons. The molecule has 0 heterocycles. The molecule has 0 bridgehead atoms. The third-order valence-corrected chi connectivity index (χ3v) is 3.53. The van der Waals surface area contributed by atoms with Crippen molar-refractivity contribution in [3.63, 3.8) is 0 Å². The maximum Gasteiger partial charge on any atom is 0.197 e. The van der Waals surface area contributed by atoms with E-state index in [4.69, 9.17) is 9.47 Å². The number of ether oxygens (including phenoxy) is 2. The molecule has 0 aromatic heterocycles. The van der Waals surface area contributed by atoms with Gasteiger partial charge in [0.15, 0.2) is 5.78 Å². The number of rotatable bonds is 2. The largest absolute Gasteiger partial charge is 0.496 e. The van der Waals surface area contributed by atoms with Gasteiger partial charge >= 0.3 is 0 Å². The molecule has 19 heavy (non-hydrogen) atoms. The number of carbonyl (C=O) groups excluding carboxylic acids is 1. The van der Waals surface area contributed by atoms with Crippen LogP contribution in [-0.2, 0) is 6.42 Å². The van der Waals surface area contributed by atoms with E-state index in [-0.39, 0.29) is 5.78 Å². The van der Waals surface area contributed by atoms with Gasteiger partial charge in [-0.1, -0.05) is 24.3 Å². The molecule has 3 nitrogen and oxygen atoms in total. The van der Waals surface area contributed by atoms with E-state index in [9.17, 15) is 4.79 Å². The first-order valence-electron chi connectivity index (χ1n) is 6.12. The van der Waals surface area contributed by atoms with Gasteiger partial charge < -0.3 is 9.47 Å². The van der Waals surface area contributed by atoms with E-state index in [2.05, 4.69) is 0 Å². The summed E-state index contributed by atoms with van der Waals surface area (Å²) in [6, 6.07) is 11.3. The second-order valence-corrected chi connectivity index (χ2v) is 4.49. The first kappa shape index (κ1) is 11.8. The number of methoxy groups -OCH3 is 2. The van der Waals surface area contributed by atoms with Crippen molar-refractivity contribution in [1.29, 1.82) is 0 Å². The normalized spacial score (nSPS) is 12.6. The summed E-state index contributed by atoms with van der Waals surface area (Å²) in [5.41, 5.74) is 3.32. The summed E-state index contributed by atoms with van der Waals surface area (Å²) < 4.78 is 10.7. The maximum atomic E-state index is 12.6. The molecule has 1 aliphatic rings. The zero-order chi connectivity index (χ0) is 13.4. The van der Waals surface area contributed by atoms with Crippen LogP contribution in [0.5, 0.6) is 11.5 Å². The molecule has 0 spiro atoms. The number of hydrogen-bond donors (Lipinski definition) is 0. The Morgan fingerprint density at radius 2 is 1.63 bits per heavy atom. The van der Waals surface area contributed by atoms with Gasteiger partial charge in [0.05, 0.1) is 19.8 Å². The molecule has 1 aliphatic carbocycles. The predicted molar refractivity (Wildman–Crippen MR) is 72.2 cm³/mol. The smallest absolute Gasteiger partial charge is 0.197 e. The lowest BCUT2D eigenvalue weighted by atomic mass is 9.84. The highest BCUT2D eigenvalue weighted by molar-refractivity contribution is 6.14. The van der Waals surface area contributed by atoms with Gasteiger partial charge in [0.1, 0.15) is 11.5 Å². The highest BCUT2D eigenvalue weighted by Crippen LogP contribution is 2.38. The standard InChI is InChI=1S/C16H14O3/c1-18-13-7-8-14(19-2)15-12(13)9-10-5-3-4-6-11(10)16(15)17/h3-8H,9H2,1-2H3. The molecule has 2 aromatic carbocycles. The molecule has 0 saturated carbocycles. The van der Waals surface area contributed by atoms with Gasteiger partial charge in [-0.05, 0) is 17.7 Å². The number of carbonyl (C=O) groups is 1. The minimum absolute atomic E-state index is 0.00704. The summed E-state index contributed by atoms with van der Waals surface area (Å²) in [5.74, 6) is 1.35. The lowest BCUT2D eigenvalue weighted by molar-refractivity contribution is 0.103. The van der Waals surface area contributed by atoms with Crippen LogP contribution < -0.4 is 9.47 Å². The molecular weight excluding hydrogens is 240 g/mol. The summed E-state index contributed by atoms with van der Waals surface area (Å²) in [6.07, 6.45) is 0.692. The molecule has 0 aliphatic heterocycles. The Balaban J connectivity index is 2.27. The molecule has 96 valence electrons. The van der Waals surface area contributed by atoms with Gasteiger partial charge in [0, 0.05) is 17.5 Å². The van der Waals surface area contributed by atoms with Crippen LogP contribution in [-0.4, -0.2) is 20.0 Å². The van der Waals surface area contributed by atoms with Crippen molar-refractivity contribution < 1.29 is 14.3 Å². The molecule has 3 heteroatoms. The van der Waals surface area contributed by atoms with Crippen LogP contribution in [0, 0.1) is 0 Å². The van der Waals surface area contributed by atoms with E-state index < -0.39 is 0 Å². The summed E-state index contributed by atoms with van der Waals surface area (Å²) in [7, 11) is 3.20. The van der Waals surface area contributed by atoms with E-state index in [0.29, 0.717) is 17.7 Å². The highest BCUT2D eigenvalue weighted by Gasteiger charge is 2.28. The van der Waals surface area contributed by atoms with Gasteiger partial charge in [-0.25, -0.2) is 0 Å². The van der Waals surface area contributed by atoms with Gasteiger partial charge in [-0.15, -0.1) is 0 Å². The monoisotopic (exact) mass is 254 g/mol. The summed E-state index contributed by atoms with van der Waals surface area (Å²) in [4.78, 5) is 12.6. The molecule has 0 unspecified atom stereocenters. The highest BCUT2D eigenvalue weighted by atomic mass is 16.5. The number of fused-ring (bicyclic) bond motifs is 2.